The number of anilines is 1. The second-order valence-corrected chi connectivity index (χ2v) is 4.87. The number of Topliss-reactive ketones (excluding diaryl/α,β-unsaturated/α-hetero) is 1. The van der Waals surface area contributed by atoms with Crippen molar-refractivity contribution < 1.29 is 9.18 Å². The van der Waals surface area contributed by atoms with Gasteiger partial charge in [0.25, 0.3) is 0 Å². The van der Waals surface area contributed by atoms with Crippen LogP contribution in [0.2, 0.25) is 0 Å². The summed E-state index contributed by atoms with van der Waals surface area (Å²) < 4.78 is 14.0. The van der Waals surface area contributed by atoms with Gasteiger partial charge in [0.2, 0.25) is 0 Å². The Morgan fingerprint density at radius 2 is 1.83 bits per heavy atom. The molecule has 18 heavy (non-hydrogen) atoms. The summed E-state index contributed by atoms with van der Waals surface area (Å²) in [5.41, 5.74) is 7.08. The van der Waals surface area contributed by atoms with Gasteiger partial charge in [-0.2, -0.15) is 0 Å². The maximum Gasteiger partial charge on any atom is 0.169 e. The Labute approximate surface area is 113 Å². The molecule has 2 rings (SSSR count). The lowest BCUT2D eigenvalue weighted by Crippen LogP contribution is -2.07. The number of carbonyl (C=O) groups is 1. The molecule has 4 heteroatoms. The highest BCUT2D eigenvalue weighted by molar-refractivity contribution is 9.10. The summed E-state index contributed by atoms with van der Waals surface area (Å²) in [7, 11) is 0. The topological polar surface area (TPSA) is 43.1 Å². The number of ketones is 1. The minimum absolute atomic E-state index is 0.186. The quantitative estimate of drug-likeness (QED) is 0.695. The number of nitrogen functional groups attached to an aromatic ring is 1. The van der Waals surface area contributed by atoms with Crippen LogP contribution in [0, 0.1) is 5.82 Å². The van der Waals surface area contributed by atoms with Gasteiger partial charge in [0.15, 0.2) is 5.78 Å². The van der Waals surface area contributed by atoms with Gasteiger partial charge in [0.05, 0.1) is 0 Å². The SMILES string of the molecule is Nc1ccc(F)cc1C(=O)Cc1ccc(Br)cc1. The highest BCUT2D eigenvalue weighted by Crippen LogP contribution is 2.17. The molecule has 0 fully saturated rings. The standard InChI is InChI=1S/C14H11BrFNO/c15-10-3-1-9(2-4-10)7-14(18)12-8-11(16)5-6-13(12)17/h1-6,8H,7,17H2. The Bertz CT molecular complexity index is 581. The van der Waals surface area contributed by atoms with Gasteiger partial charge in [-0.05, 0) is 35.9 Å². The van der Waals surface area contributed by atoms with Crippen LogP contribution < -0.4 is 5.73 Å². The third kappa shape index (κ3) is 2.96. The number of hydrogen-bond acceptors (Lipinski definition) is 2. The summed E-state index contributed by atoms with van der Waals surface area (Å²) >= 11 is 3.32. The molecule has 2 N–H and O–H groups in total. The van der Waals surface area contributed by atoms with E-state index in [1.807, 2.05) is 24.3 Å². The van der Waals surface area contributed by atoms with Gasteiger partial charge in [-0.15, -0.1) is 0 Å². The molecule has 0 bridgehead atoms. The Kier molecular flexibility index (Phi) is 3.77. The van der Waals surface area contributed by atoms with E-state index < -0.39 is 5.82 Å². The molecule has 0 amide bonds. The summed E-state index contributed by atoms with van der Waals surface area (Å²) in [6.07, 6.45) is 0.209. The van der Waals surface area contributed by atoms with Crippen molar-refractivity contribution in [1.29, 1.82) is 0 Å². The molecule has 0 aliphatic rings. The maximum atomic E-state index is 13.1. The van der Waals surface area contributed by atoms with Gasteiger partial charge in [0, 0.05) is 22.1 Å². The first-order valence-electron chi connectivity index (χ1n) is 5.39. The van der Waals surface area contributed by atoms with Crippen molar-refractivity contribution in [1.82, 2.24) is 0 Å². The first-order chi connectivity index (χ1) is 8.56. The van der Waals surface area contributed by atoms with E-state index in [2.05, 4.69) is 15.9 Å². The number of rotatable bonds is 3. The van der Waals surface area contributed by atoms with Crippen molar-refractivity contribution in [2.45, 2.75) is 6.42 Å². The lowest BCUT2D eigenvalue weighted by atomic mass is 10.0. The molecule has 2 aromatic carbocycles. The normalized spacial score (nSPS) is 10.3. The molecular formula is C14H11BrFNO. The molecule has 0 atom stereocenters. The third-order valence-electron chi connectivity index (χ3n) is 2.59. The number of nitrogens with two attached hydrogens (primary N) is 1. The van der Waals surface area contributed by atoms with Crippen LogP contribution in [0.5, 0.6) is 0 Å². The van der Waals surface area contributed by atoms with E-state index in [0.717, 1.165) is 10.0 Å². The van der Waals surface area contributed by atoms with Crippen molar-refractivity contribution in [2.24, 2.45) is 0 Å². The fourth-order valence-electron chi connectivity index (χ4n) is 1.65. The summed E-state index contributed by atoms with van der Waals surface area (Å²) in [6, 6.07) is 11.2. The van der Waals surface area contributed by atoms with E-state index in [0.29, 0.717) is 5.69 Å². The van der Waals surface area contributed by atoms with Crippen molar-refractivity contribution in [3.8, 4) is 0 Å². The zero-order valence-electron chi connectivity index (χ0n) is 9.49. The fraction of sp³-hybridized carbons (Fsp3) is 0.0714. The van der Waals surface area contributed by atoms with Crippen LogP contribution in [-0.2, 0) is 6.42 Å². The average Bonchev–Trinajstić information content (AvgIpc) is 2.35. The molecule has 0 spiro atoms. The molecule has 0 unspecified atom stereocenters. The third-order valence-corrected chi connectivity index (χ3v) is 3.12. The molecule has 0 saturated heterocycles. The zero-order valence-corrected chi connectivity index (χ0v) is 11.1. The highest BCUT2D eigenvalue weighted by Gasteiger charge is 2.11. The van der Waals surface area contributed by atoms with E-state index in [1.54, 1.807) is 0 Å². The zero-order chi connectivity index (χ0) is 13.1. The number of benzene rings is 2. The van der Waals surface area contributed by atoms with E-state index in [-0.39, 0.29) is 17.8 Å². The molecular weight excluding hydrogens is 297 g/mol. The van der Waals surface area contributed by atoms with Gasteiger partial charge in [-0.25, -0.2) is 4.39 Å². The largest absolute Gasteiger partial charge is 0.398 e. The summed E-state index contributed by atoms with van der Waals surface area (Å²) in [5, 5.41) is 0. The minimum atomic E-state index is -0.455. The molecule has 0 radical (unpaired) electrons. The monoisotopic (exact) mass is 307 g/mol. The molecule has 0 aliphatic heterocycles. The van der Waals surface area contributed by atoms with Gasteiger partial charge >= 0.3 is 0 Å². The van der Waals surface area contributed by atoms with Crippen LogP contribution in [0.3, 0.4) is 0 Å². The number of hydrogen-bond donors (Lipinski definition) is 1. The first-order valence-corrected chi connectivity index (χ1v) is 6.18. The summed E-state index contributed by atoms with van der Waals surface area (Å²) in [5.74, 6) is -0.641. The van der Waals surface area contributed by atoms with Gasteiger partial charge in [-0.1, -0.05) is 28.1 Å². The van der Waals surface area contributed by atoms with Crippen LogP contribution >= 0.6 is 15.9 Å². The molecule has 0 saturated carbocycles. The van der Waals surface area contributed by atoms with Gasteiger partial charge in [-0.3, -0.25) is 4.79 Å². The van der Waals surface area contributed by atoms with Gasteiger partial charge in [0.1, 0.15) is 5.82 Å². The Hall–Kier alpha value is -1.68. The van der Waals surface area contributed by atoms with Crippen LogP contribution in [0.15, 0.2) is 46.9 Å². The average molecular weight is 308 g/mol. The highest BCUT2D eigenvalue weighted by atomic mass is 79.9. The van der Waals surface area contributed by atoms with Crippen molar-refractivity contribution in [3.05, 3.63) is 63.9 Å². The minimum Gasteiger partial charge on any atom is -0.398 e. The fourth-order valence-corrected chi connectivity index (χ4v) is 1.92. The van der Waals surface area contributed by atoms with E-state index in [1.165, 1.54) is 18.2 Å². The molecule has 2 nitrogen and oxygen atoms in total. The van der Waals surface area contributed by atoms with Crippen LogP contribution in [0.1, 0.15) is 15.9 Å². The molecule has 92 valence electrons. The number of carbonyl (C=O) groups excluding carboxylic acids is 1. The first kappa shape index (κ1) is 12.8. The predicted molar refractivity (Wildman–Crippen MR) is 73.0 cm³/mol. The van der Waals surface area contributed by atoms with Crippen molar-refractivity contribution >= 4 is 27.4 Å². The maximum absolute atomic E-state index is 13.1. The lowest BCUT2D eigenvalue weighted by molar-refractivity contribution is 0.0993. The molecule has 0 heterocycles. The molecule has 0 aliphatic carbocycles. The van der Waals surface area contributed by atoms with Gasteiger partial charge < -0.3 is 5.73 Å². The Morgan fingerprint density at radius 3 is 2.50 bits per heavy atom. The van der Waals surface area contributed by atoms with Crippen molar-refractivity contribution in [2.75, 3.05) is 5.73 Å². The summed E-state index contributed by atoms with van der Waals surface area (Å²) in [4.78, 5) is 12.0. The van der Waals surface area contributed by atoms with Crippen molar-refractivity contribution in [3.63, 3.8) is 0 Å². The van der Waals surface area contributed by atoms with E-state index in [9.17, 15) is 9.18 Å². The lowest BCUT2D eigenvalue weighted by Gasteiger charge is -2.05. The van der Waals surface area contributed by atoms with E-state index in [4.69, 9.17) is 5.73 Å². The predicted octanol–water partition coefficient (Wildman–Crippen LogP) is 3.60. The van der Waals surface area contributed by atoms with Crippen LogP contribution in [0.4, 0.5) is 10.1 Å². The van der Waals surface area contributed by atoms with E-state index >= 15 is 0 Å². The second kappa shape index (κ2) is 5.31. The number of halogens is 2. The molecule has 2 aromatic rings. The Morgan fingerprint density at radius 1 is 1.17 bits per heavy atom. The van der Waals surface area contributed by atoms with Crippen LogP contribution in [0.25, 0.3) is 0 Å². The summed E-state index contributed by atoms with van der Waals surface area (Å²) in [6.45, 7) is 0. The smallest absolute Gasteiger partial charge is 0.169 e. The Balaban J connectivity index is 2.21. The second-order valence-electron chi connectivity index (χ2n) is 3.96. The molecule has 0 aromatic heterocycles. The van der Waals surface area contributed by atoms with Crippen LogP contribution in [-0.4, -0.2) is 5.78 Å².